The lowest BCUT2D eigenvalue weighted by Gasteiger charge is -2.17. The van der Waals surface area contributed by atoms with Gasteiger partial charge < -0.3 is 4.74 Å². The first kappa shape index (κ1) is 12.3. The summed E-state index contributed by atoms with van der Waals surface area (Å²) in [6.45, 7) is 6.23. The van der Waals surface area contributed by atoms with Gasteiger partial charge in [-0.05, 0) is 25.0 Å². The second kappa shape index (κ2) is 5.99. The summed E-state index contributed by atoms with van der Waals surface area (Å²) < 4.78 is 10.3. The fourth-order valence-electron chi connectivity index (χ4n) is 1.26. The molecule has 0 spiro atoms. The van der Waals surface area contributed by atoms with E-state index in [1.165, 1.54) is 5.56 Å². The number of aryl methyl sites for hydroxylation is 1. The minimum atomic E-state index is -0.380. The fraction of sp³-hybridized carbons (Fsp3) is 0.500. The molecule has 15 heavy (non-hydrogen) atoms. The highest BCUT2D eigenvalue weighted by Gasteiger charge is 2.12. The molecule has 0 bridgehead atoms. The zero-order valence-electron chi connectivity index (χ0n) is 9.37. The van der Waals surface area contributed by atoms with Gasteiger partial charge in [-0.3, -0.25) is 0 Å². The highest BCUT2D eigenvalue weighted by atomic mass is 35.5. The number of halogens is 1. The van der Waals surface area contributed by atoms with E-state index in [2.05, 4.69) is 13.8 Å². The van der Waals surface area contributed by atoms with Crippen LogP contribution in [-0.2, 0) is 4.29 Å². The molecule has 0 amide bonds. The molecule has 0 N–H and O–H groups in total. The van der Waals surface area contributed by atoms with Crippen LogP contribution in [0.1, 0.15) is 25.8 Å². The number of rotatable bonds is 5. The first-order valence-electron chi connectivity index (χ1n) is 5.12. The van der Waals surface area contributed by atoms with E-state index in [1.54, 1.807) is 0 Å². The summed E-state index contributed by atoms with van der Waals surface area (Å²) in [4.78, 5) is 0. The summed E-state index contributed by atoms with van der Waals surface area (Å²) in [5.41, 5.74) is 1.20. The lowest BCUT2D eigenvalue weighted by atomic mass is 10.1. The van der Waals surface area contributed by atoms with Crippen molar-refractivity contribution in [2.24, 2.45) is 5.92 Å². The molecule has 84 valence electrons. The predicted molar refractivity (Wildman–Crippen MR) is 62.0 cm³/mol. The Hall–Kier alpha value is -0.730. The highest BCUT2D eigenvalue weighted by Crippen LogP contribution is 2.18. The Morgan fingerprint density at radius 1 is 1.20 bits per heavy atom. The van der Waals surface area contributed by atoms with Crippen molar-refractivity contribution in [1.29, 1.82) is 0 Å². The summed E-state index contributed by atoms with van der Waals surface area (Å²) in [6.07, 6.45) is 0.395. The number of hydrogen-bond acceptors (Lipinski definition) is 2. The van der Waals surface area contributed by atoms with Gasteiger partial charge in [-0.1, -0.05) is 31.5 Å². The monoisotopic (exact) mass is 228 g/mol. The highest BCUT2D eigenvalue weighted by molar-refractivity contribution is 6.07. The van der Waals surface area contributed by atoms with Crippen LogP contribution in [0.5, 0.6) is 5.75 Å². The van der Waals surface area contributed by atoms with Crippen molar-refractivity contribution in [3.8, 4) is 5.75 Å². The molecular weight excluding hydrogens is 212 g/mol. The third-order valence-electron chi connectivity index (χ3n) is 2.05. The topological polar surface area (TPSA) is 18.5 Å². The van der Waals surface area contributed by atoms with Gasteiger partial charge in [0.1, 0.15) is 5.75 Å². The molecule has 0 saturated heterocycles. The maximum absolute atomic E-state index is 5.58. The molecule has 1 rings (SSSR count). The summed E-state index contributed by atoms with van der Waals surface area (Å²) in [5.74, 6) is 1.27. The van der Waals surface area contributed by atoms with E-state index in [-0.39, 0.29) is 6.29 Å². The van der Waals surface area contributed by atoms with Crippen LogP contribution in [-0.4, -0.2) is 6.29 Å². The lowest BCUT2D eigenvalue weighted by Crippen LogP contribution is -2.19. The fourth-order valence-corrected chi connectivity index (χ4v) is 1.37. The smallest absolute Gasteiger partial charge is 0.218 e. The van der Waals surface area contributed by atoms with Gasteiger partial charge in [0, 0.05) is 6.42 Å². The molecule has 0 radical (unpaired) electrons. The molecule has 0 aliphatic carbocycles. The zero-order valence-corrected chi connectivity index (χ0v) is 10.1. The molecule has 0 aromatic heterocycles. The Labute approximate surface area is 96.3 Å². The van der Waals surface area contributed by atoms with E-state index in [0.29, 0.717) is 5.92 Å². The molecule has 0 aliphatic rings. The van der Waals surface area contributed by atoms with Gasteiger partial charge in [0.05, 0.1) is 11.9 Å². The molecule has 1 atom stereocenters. The van der Waals surface area contributed by atoms with E-state index in [1.807, 2.05) is 31.2 Å². The van der Waals surface area contributed by atoms with Crippen molar-refractivity contribution >= 4 is 11.9 Å². The molecule has 0 fully saturated rings. The van der Waals surface area contributed by atoms with Crippen LogP contribution in [0, 0.1) is 12.8 Å². The third kappa shape index (κ3) is 4.54. The molecule has 1 aromatic carbocycles. The maximum Gasteiger partial charge on any atom is 0.218 e. The predicted octanol–water partition coefficient (Wildman–Crippen LogP) is 3.92. The third-order valence-corrected chi connectivity index (χ3v) is 2.25. The van der Waals surface area contributed by atoms with E-state index in [4.69, 9.17) is 20.9 Å². The van der Waals surface area contributed by atoms with Crippen LogP contribution >= 0.6 is 11.9 Å². The molecular formula is C12H17ClO2. The van der Waals surface area contributed by atoms with E-state index >= 15 is 0 Å². The average molecular weight is 229 g/mol. The van der Waals surface area contributed by atoms with Crippen molar-refractivity contribution in [3.63, 3.8) is 0 Å². The van der Waals surface area contributed by atoms with E-state index in [9.17, 15) is 0 Å². The normalized spacial score (nSPS) is 12.9. The number of benzene rings is 1. The number of hydrogen-bond donors (Lipinski definition) is 0. The van der Waals surface area contributed by atoms with Gasteiger partial charge >= 0.3 is 0 Å². The van der Waals surface area contributed by atoms with Crippen LogP contribution in [0.4, 0.5) is 0 Å². The molecule has 2 nitrogen and oxygen atoms in total. The maximum atomic E-state index is 5.58. The second-order valence-electron chi connectivity index (χ2n) is 4.08. The van der Waals surface area contributed by atoms with Crippen LogP contribution < -0.4 is 4.74 Å². The minimum absolute atomic E-state index is 0.380. The van der Waals surface area contributed by atoms with Crippen LogP contribution in [0.2, 0.25) is 0 Å². The van der Waals surface area contributed by atoms with Crippen molar-refractivity contribution in [2.75, 3.05) is 0 Å². The summed E-state index contributed by atoms with van der Waals surface area (Å²) in [6, 6.07) is 7.82. The van der Waals surface area contributed by atoms with Gasteiger partial charge in [0.15, 0.2) is 0 Å². The van der Waals surface area contributed by atoms with Crippen LogP contribution in [0.3, 0.4) is 0 Å². The average Bonchev–Trinajstić information content (AvgIpc) is 2.19. The minimum Gasteiger partial charge on any atom is -0.463 e. The number of ether oxygens (including phenoxy) is 1. The van der Waals surface area contributed by atoms with Crippen LogP contribution in [0.25, 0.3) is 0 Å². The molecule has 0 saturated carbocycles. The van der Waals surface area contributed by atoms with Crippen LogP contribution in [0.15, 0.2) is 24.3 Å². The van der Waals surface area contributed by atoms with Gasteiger partial charge in [-0.15, -0.1) is 0 Å². The van der Waals surface area contributed by atoms with Gasteiger partial charge in [-0.2, -0.15) is 0 Å². The summed E-state index contributed by atoms with van der Waals surface area (Å²) in [5, 5.41) is 0. The van der Waals surface area contributed by atoms with E-state index < -0.39 is 0 Å². The standard InChI is InChI=1S/C12H17ClO2/c1-9(2)8-12(15-13)14-11-6-4-10(3)5-7-11/h4-7,9,12H,8H2,1-3H3. The molecule has 0 aliphatic heterocycles. The first-order valence-corrected chi connectivity index (χ1v) is 5.43. The van der Waals surface area contributed by atoms with Crippen molar-refractivity contribution in [1.82, 2.24) is 0 Å². The summed E-state index contributed by atoms with van der Waals surface area (Å²) in [7, 11) is 0. The SMILES string of the molecule is Cc1ccc(OC(CC(C)C)OCl)cc1. The molecule has 1 aromatic rings. The molecule has 0 heterocycles. The van der Waals surface area contributed by atoms with Crippen molar-refractivity contribution < 1.29 is 9.03 Å². The lowest BCUT2D eigenvalue weighted by molar-refractivity contribution is -0.00256. The molecule has 3 heteroatoms. The van der Waals surface area contributed by atoms with Gasteiger partial charge in [-0.25, -0.2) is 4.29 Å². The quantitative estimate of drug-likeness (QED) is 0.712. The Bertz CT molecular complexity index is 282. The first-order chi connectivity index (χ1) is 7.11. The van der Waals surface area contributed by atoms with Crippen molar-refractivity contribution in [2.45, 2.75) is 33.5 Å². The summed E-state index contributed by atoms with van der Waals surface area (Å²) >= 11 is 5.37. The van der Waals surface area contributed by atoms with E-state index in [0.717, 1.165) is 12.2 Å². The molecule has 1 unspecified atom stereocenters. The zero-order chi connectivity index (χ0) is 11.3. The Morgan fingerprint density at radius 2 is 1.80 bits per heavy atom. The van der Waals surface area contributed by atoms with Crippen molar-refractivity contribution in [3.05, 3.63) is 29.8 Å². The largest absolute Gasteiger partial charge is 0.463 e. The van der Waals surface area contributed by atoms with Gasteiger partial charge in [0.25, 0.3) is 0 Å². The Morgan fingerprint density at radius 3 is 2.27 bits per heavy atom. The second-order valence-corrected chi connectivity index (χ2v) is 4.26. The Kier molecular flexibility index (Phi) is 4.92. The Balaban J connectivity index is 2.54. The van der Waals surface area contributed by atoms with Gasteiger partial charge in [0.2, 0.25) is 6.29 Å².